The van der Waals surface area contributed by atoms with Crippen molar-refractivity contribution in [2.75, 3.05) is 19.6 Å². The van der Waals surface area contributed by atoms with Crippen LogP contribution >= 0.6 is 11.6 Å². The number of carbonyl (C=O) groups excluding carboxylic acids is 1. The summed E-state index contributed by atoms with van der Waals surface area (Å²) in [6, 6.07) is 17.2. The lowest BCUT2D eigenvalue weighted by molar-refractivity contribution is 0.0777. The third kappa shape index (κ3) is 3.55. The maximum Gasteiger partial charge on any atom is 0.257 e. The molecule has 1 atom stereocenters. The number of carbonyl (C=O) groups is 1. The zero-order chi connectivity index (χ0) is 19.7. The standard InChI is InChI=1S/C22H23ClN4O/c1-22(14-24)11-12-26(15-22)21(28)19-13-27(18-5-3-2-4-6-18)25-20(19)16-7-9-17(23)10-8-16/h2-10,13H,11-12,14-15,24H2,1H3. The SMILES string of the molecule is CC1(CN)CCN(C(=O)c2cn(-c3ccccc3)nc2-c2ccc(Cl)cc2)C1. The molecule has 1 unspecified atom stereocenters. The van der Waals surface area contributed by atoms with Crippen LogP contribution in [0, 0.1) is 5.41 Å². The molecule has 4 rings (SSSR count). The molecule has 1 amide bonds. The van der Waals surface area contributed by atoms with Crippen LogP contribution in [0.2, 0.25) is 5.02 Å². The fourth-order valence-corrected chi connectivity index (χ4v) is 3.72. The summed E-state index contributed by atoms with van der Waals surface area (Å²) in [5.41, 5.74) is 8.92. The van der Waals surface area contributed by atoms with Gasteiger partial charge in [-0.25, -0.2) is 4.68 Å². The molecule has 5 nitrogen and oxygen atoms in total. The predicted molar refractivity (Wildman–Crippen MR) is 112 cm³/mol. The molecule has 2 heterocycles. The van der Waals surface area contributed by atoms with Gasteiger partial charge in [-0.05, 0) is 42.6 Å². The lowest BCUT2D eigenvalue weighted by Crippen LogP contribution is -2.34. The first-order chi connectivity index (χ1) is 13.5. The van der Waals surface area contributed by atoms with Crippen LogP contribution in [-0.4, -0.2) is 40.2 Å². The molecule has 0 radical (unpaired) electrons. The largest absolute Gasteiger partial charge is 0.338 e. The van der Waals surface area contributed by atoms with E-state index in [9.17, 15) is 4.79 Å². The minimum atomic E-state index is -0.0223. The Balaban J connectivity index is 1.75. The van der Waals surface area contributed by atoms with E-state index in [1.165, 1.54) is 0 Å². The number of halogens is 1. The second-order valence-corrected chi connectivity index (χ2v) is 8.11. The Hall–Kier alpha value is -2.63. The number of likely N-dealkylation sites (tertiary alicyclic amines) is 1. The highest BCUT2D eigenvalue weighted by Gasteiger charge is 2.36. The lowest BCUT2D eigenvalue weighted by atomic mass is 9.90. The van der Waals surface area contributed by atoms with Gasteiger partial charge in [0.25, 0.3) is 5.91 Å². The molecule has 28 heavy (non-hydrogen) atoms. The average Bonchev–Trinajstić information content (AvgIpc) is 3.34. The number of hydrogen-bond donors (Lipinski definition) is 1. The van der Waals surface area contributed by atoms with Gasteiger partial charge in [0.2, 0.25) is 0 Å². The van der Waals surface area contributed by atoms with Gasteiger partial charge in [0.15, 0.2) is 0 Å². The quantitative estimate of drug-likeness (QED) is 0.727. The van der Waals surface area contributed by atoms with Crippen molar-refractivity contribution in [2.45, 2.75) is 13.3 Å². The van der Waals surface area contributed by atoms with Gasteiger partial charge in [-0.15, -0.1) is 0 Å². The summed E-state index contributed by atoms with van der Waals surface area (Å²) in [6.07, 6.45) is 2.73. The fraction of sp³-hybridized carbons (Fsp3) is 0.273. The Morgan fingerprint density at radius 1 is 1.18 bits per heavy atom. The first kappa shape index (κ1) is 18.7. The normalized spacial score (nSPS) is 19.2. The van der Waals surface area contributed by atoms with Gasteiger partial charge in [0.1, 0.15) is 5.69 Å². The fourth-order valence-electron chi connectivity index (χ4n) is 3.60. The van der Waals surface area contributed by atoms with Gasteiger partial charge in [-0.2, -0.15) is 5.10 Å². The van der Waals surface area contributed by atoms with Gasteiger partial charge in [0, 0.05) is 29.9 Å². The molecule has 0 aliphatic carbocycles. The van der Waals surface area contributed by atoms with Crippen LogP contribution in [0.15, 0.2) is 60.8 Å². The average molecular weight is 395 g/mol. The van der Waals surface area contributed by atoms with Gasteiger partial charge < -0.3 is 10.6 Å². The third-order valence-corrected chi connectivity index (χ3v) is 5.67. The number of aromatic nitrogens is 2. The van der Waals surface area contributed by atoms with Crippen molar-refractivity contribution in [3.8, 4) is 16.9 Å². The molecule has 1 aromatic heterocycles. The zero-order valence-corrected chi connectivity index (χ0v) is 16.6. The molecule has 2 N–H and O–H groups in total. The lowest BCUT2D eigenvalue weighted by Gasteiger charge is -2.22. The van der Waals surface area contributed by atoms with Gasteiger partial charge in [-0.3, -0.25) is 4.79 Å². The molecule has 1 aliphatic rings. The number of amides is 1. The van der Waals surface area contributed by atoms with Crippen molar-refractivity contribution in [3.05, 3.63) is 71.4 Å². The molecule has 6 heteroatoms. The first-order valence-electron chi connectivity index (χ1n) is 9.39. The molecular formula is C22H23ClN4O. The Labute approximate surface area is 169 Å². The highest BCUT2D eigenvalue weighted by atomic mass is 35.5. The van der Waals surface area contributed by atoms with E-state index < -0.39 is 0 Å². The summed E-state index contributed by atoms with van der Waals surface area (Å²) in [4.78, 5) is 15.2. The van der Waals surface area contributed by atoms with Crippen LogP contribution in [0.25, 0.3) is 16.9 Å². The van der Waals surface area contributed by atoms with E-state index >= 15 is 0 Å². The molecule has 2 aromatic carbocycles. The summed E-state index contributed by atoms with van der Waals surface area (Å²) in [5.74, 6) is -0.00990. The first-order valence-corrected chi connectivity index (χ1v) is 9.77. The number of hydrogen-bond acceptors (Lipinski definition) is 3. The molecule has 0 spiro atoms. The number of benzene rings is 2. The second-order valence-electron chi connectivity index (χ2n) is 7.67. The Bertz CT molecular complexity index is 984. The molecule has 0 bridgehead atoms. The molecule has 1 fully saturated rings. The van der Waals surface area contributed by atoms with Crippen molar-refractivity contribution < 1.29 is 4.79 Å². The number of nitrogens with two attached hydrogens (primary N) is 1. The van der Waals surface area contributed by atoms with Gasteiger partial charge >= 0.3 is 0 Å². The van der Waals surface area contributed by atoms with Crippen LogP contribution in [0.3, 0.4) is 0 Å². The summed E-state index contributed by atoms with van der Waals surface area (Å²) >= 11 is 6.04. The van der Waals surface area contributed by atoms with Crippen LogP contribution < -0.4 is 5.73 Å². The maximum absolute atomic E-state index is 13.4. The minimum absolute atomic E-state index is 0.00990. The van der Waals surface area contributed by atoms with E-state index in [0.29, 0.717) is 35.9 Å². The van der Waals surface area contributed by atoms with Crippen LogP contribution in [0.4, 0.5) is 0 Å². The summed E-state index contributed by atoms with van der Waals surface area (Å²) in [6.45, 7) is 4.08. The number of rotatable bonds is 4. The third-order valence-electron chi connectivity index (χ3n) is 5.42. The van der Waals surface area contributed by atoms with Crippen LogP contribution in [-0.2, 0) is 0 Å². The van der Waals surface area contributed by atoms with Crippen molar-refractivity contribution in [3.63, 3.8) is 0 Å². The molecule has 0 saturated carbocycles. The molecular weight excluding hydrogens is 372 g/mol. The van der Waals surface area contributed by atoms with E-state index in [-0.39, 0.29) is 11.3 Å². The highest BCUT2D eigenvalue weighted by Crippen LogP contribution is 2.32. The molecule has 3 aromatic rings. The smallest absolute Gasteiger partial charge is 0.257 e. The van der Waals surface area contributed by atoms with Crippen LogP contribution in [0.1, 0.15) is 23.7 Å². The van der Waals surface area contributed by atoms with E-state index in [0.717, 1.165) is 17.7 Å². The molecule has 144 valence electrons. The molecule has 1 aliphatic heterocycles. The second kappa shape index (κ2) is 7.41. The van der Waals surface area contributed by atoms with E-state index in [1.54, 1.807) is 4.68 Å². The Morgan fingerprint density at radius 2 is 1.89 bits per heavy atom. The van der Waals surface area contributed by atoms with Gasteiger partial charge in [-0.1, -0.05) is 48.9 Å². The van der Waals surface area contributed by atoms with E-state index in [4.69, 9.17) is 22.4 Å². The maximum atomic E-state index is 13.4. The summed E-state index contributed by atoms with van der Waals surface area (Å²) in [7, 11) is 0. The van der Waals surface area contributed by atoms with Crippen molar-refractivity contribution in [1.82, 2.24) is 14.7 Å². The van der Waals surface area contributed by atoms with E-state index in [2.05, 4.69) is 6.92 Å². The van der Waals surface area contributed by atoms with Gasteiger partial charge in [0.05, 0.1) is 11.3 Å². The van der Waals surface area contributed by atoms with E-state index in [1.807, 2.05) is 65.7 Å². The van der Waals surface area contributed by atoms with Crippen molar-refractivity contribution in [1.29, 1.82) is 0 Å². The highest BCUT2D eigenvalue weighted by molar-refractivity contribution is 6.30. The summed E-state index contributed by atoms with van der Waals surface area (Å²) < 4.78 is 1.76. The summed E-state index contributed by atoms with van der Waals surface area (Å²) in [5, 5.41) is 5.38. The number of para-hydroxylation sites is 1. The Morgan fingerprint density at radius 3 is 2.54 bits per heavy atom. The van der Waals surface area contributed by atoms with Crippen molar-refractivity contribution >= 4 is 17.5 Å². The van der Waals surface area contributed by atoms with Crippen molar-refractivity contribution in [2.24, 2.45) is 11.1 Å². The Kier molecular flexibility index (Phi) is 4.96. The monoisotopic (exact) mass is 394 g/mol. The van der Waals surface area contributed by atoms with Crippen LogP contribution in [0.5, 0.6) is 0 Å². The predicted octanol–water partition coefficient (Wildman–Crippen LogP) is 4.00. The number of nitrogens with zero attached hydrogens (tertiary/aromatic N) is 3. The minimum Gasteiger partial charge on any atom is -0.338 e. The molecule has 1 saturated heterocycles. The topological polar surface area (TPSA) is 64.2 Å². The zero-order valence-electron chi connectivity index (χ0n) is 15.8.